The third kappa shape index (κ3) is 5.40. The van der Waals surface area contributed by atoms with Crippen LogP contribution in [0.4, 0.5) is 0 Å². The van der Waals surface area contributed by atoms with Crippen LogP contribution in [0, 0.1) is 5.92 Å². The van der Waals surface area contributed by atoms with Gasteiger partial charge in [-0.3, -0.25) is 9.59 Å². The quantitative estimate of drug-likeness (QED) is 0.635. The van der Waals surface area contributed by atoms with Crippen LogP contribution in [0.25, 0.3) is 0 Å². The van der Waals surface area contributed by atoms with Gasteiger partial charge < -0.3 is 10.2 Å². The minimum absolute atomic E-state index is 0.0129. The fraction of sp³-hybridized carbons (Fsp3) is 0.636. The molecule has 2 heterocycles. The van der Waals surface area contributed by atoms with Gasteiger partial charge in [0.25, 0.3) is 0 Å². The highest BCUT2D eigenvalue weighted by Crippen LogP contribution is 2.25. The first-order chi connectivity index (χ1) is 14.3. The fourth-order valence-corrected chi connectivity index (χ4v) is 5.57. The van der Waals surface area contributed by atoms with Crippen LogP contribution in [0.1, 0.15) is 57.4 Å². The second-order valence-electron chi connectivity index (χ2n) is 8.53. The SMILES string of the molecule is CC(C)c1ccc(S(=O)(=O)N2CCC(C(=O)NCCCN3CCCC3=O)CC2)cc1. The Bertz CT molecular complexity index is 844. The third-order valence-corrected chi connectivity index (χ3v) is 8.00. The van der Waals surface area contributed by atoms with Gasteiger partial charge >= 0.3 is 0 Å². The average Bonchev–Trinajstić information content (AvgIpc) is 3.16. The molecule has 2 saturated heterocycles. The van der Waals surface area contributed by atoms with Crippen LogP contribution in [0.3, 0.4) is 0 Å². The number of nitrogens with zero attached hydrogens (tertiary/aromatic N) is 2. The molecule has 0 bridgehead atoms. The number of rotatable bonds is 8. The predicted molar refractivity (Wildman–Crippen MR) is 115 cm³/mol. The van der Waals surface area contributed by atoms with Crippen LogP contribution in [0.15, 0.2) is 29.2 Å². The second kappa shape index (κ2) is 9.92. The number of likely N-dealkylation sites (tertiary alicyclic amines) is 1. The van der Waals surface area contributed by atoms with Crippen LogP contribution in [0.5, 0.6) is 0 Å². The summed E-state index contributed by atoms with van der Waals surface area (Å²) in [5.41, 5.74) is 1.11. The van der Waals surface area contributed by atoms with Crippen molar-refractivity contribution < 1.29 is 18.0 Å². The van der Waals surface area contributed by atoms with E-state index in [1.54, 1.807) is 12.1 Å². The van der Waals surface area contributed by atoms with Gasteiger partial charge in [0.2, 0.25) is 21.8 Å². The van der Waals surface area contributed by atoms with Gasteiger partial charge in [-0.2, -0.15) is 4.31 Å². The summed E-state index contributed by atoms with van der Waals surface area (Å²) in [6.07, 6.45) is 3.36. The smallest absolute Gasteiger partial charge is 0.243 e. The molecular weight excluding hydrogens is 402 g/mol. The molecule has 8 heteroatoms. The van der Waals surface area contributed by atoms with E-state index < -0.39 is 10.0 Å². The fourth-order valence-electron chi connectivity index (χ4n) is 4.10. The van der Waals surface area contributed by atoms with Crippen LogP contribution >= 0.6 is 0 Å². The van der Waals surface area contributed by atoms with Gasteiger partial charge in [0, 0.05) is 45.1 Å². The molecule has 30 heavy (non-hydrogen) atoms. The Morgan fingerprint density at radius 2 is 1.80 bits per heavy atom. The molecule has 1 N–H and O–H groups in total. The molecule has 0 atom stereocenters. The highest BCUT2D eigenvalue weighted by molar-refractivity contribution is 7.89. The van der Waals surface area contributed by atoms with Crippen molar-refractivity contribution in [2.24, 2.45) is 5.92 Å². The first-order valence-electron chi connectivity index (χ1n) is 10.9. The zero-order valence-corrected chi connectivity index (χ0v) is 18.8. The Kier molecular flexibility index (Phi) is 7.52. The molecule has 1 aromatic rings. The van der Waals surface area contributed by atoms with E-state index in [1.807, 2.05) is 17.0 Å². The summed E-state index contributed by atoms with van der Waals surface area (Å²) >= 11 is 0. The largest absolute Gasteiger partial charge is 0.356 e. The average molecular weight is 436 g/mol. The zero-order valence-electron chi connectivity index (χ0n) is 18.0. The van der Waals surface area contributed by atoms with Gasteiger partial charge in [-0.15, -0.1) is 0 Å². The van der Waals surface area contributed by atoms with Crippen LogP contribution < -0.4 is 5.32 Å². The van der Waals surface area contributed by atoms with E-state index in [1.165, 1.54) is 4.31 Å². The minimum atomic E-state index is -3.53. The summed E-state index contributed by atoms with van der Waals surface area (Å²) < 4.78 is 27.3. The molecule has 0 spiro atoms. The van der Waals surface area contributed by atoms with Crippen molar-refractivity contribution in [2.75, 3.05) is 32.7 Å². The summed E-state index contributed by atoms with van der Waals surface area (Å²) in [6.45, 7) is 6.91. The molecule has 2 fully saturated rings. The molecule has 2 aliphatic rings. The number of nitrogens with one attached hydrogen (secondary N) is 1. The summed E-state index contributed by atoms with van der Waals surface area (Å²) in [7, 11) is -3.53. The third-order valence-electron chi connectivity index (χ3n) is 6.08. The molecule has 0 aromatic heterocycles. The lowest BCUT2D eigenvalue weighted by Gasteiger charge is -2.30. The standard InChI is InChI=1S/C22H33N3O4S/c1-17(2)18-6-8-20(9-7-18)30(28,29)25-15-10-19(11-16-25)22(27)23-12-4-14-24-13-3-5-21(24)26/h6-9,17,19H,3-5,10-16H2,1-2H3,(H,23,27). The Labute approximate surface area is 179 Å². The summed E-state index contributed by atoms with van der Waals surface area (Å²) in [5, 5.41) is 2.95. The lowest BCUT2D eigenvalue weighted by atomic mass is 9.97. The minimum Gasteiger partial charge on any atom is -0.356 e. The van der Waals surface area contributed by atoms with Gasteiger partial charge in [-0.25, -0.2) is 8.42 Å². The van der Waals surface area contributed by atoms with Crippen molar-refractivity contribution in [1.82, 2.24) is 14.5 Å². The highest BCUT2D eigenvalue weighted by Gasteiger charge is 2.32. The zero-order chi connectivity index (χ0) is 21.7. The maximum atomic E-state index is 12.9. The number of carbonyl (C=O) groups excluding carboxylic acids is 2. The van der Waals surface area contributed by atoms with Gasteiger partial charge in [0.05, 0.1) is 4.90 Å². The number of hydrogen-bond donors (Lipinski definition) is 1. The first kappa shape index (κ1) is 22.7. The molecule has 2 amide bonds. The molecule has 0 aliphatic carbocycles. The Morgan fingerprint density at radius 1 is 1.13 bits per heavy atom. The van der Waals surface area contributed by atoms with Crippen LogP contribution in [-0.2, 0) is 19.6 Å². The number of amides is 2. The Balaban J connectivity index is 1.44. The number of hydrogen-bond acceptors (Lipinski definition) is 4. The summed E-state index contributed by atoms with van der Waals surface area (Å²) in [6, 6.07) is 7.09. The van der Waals surface area contributed by atoms with E-state index in [0.717, 1.165) is 24.9 Å². The van der Waals surface area contributed by atoms with Crippen molar-refractivity contribution in [2.45, 2.75) is 56.8 Å². The molecule has 2 aliphatic heterocycles. The molecule has 3 rings (SSSR count). The van der Waals surface area contributed by atoms with Crippen molar-refractivity contribution in [3.05, 3.63) is 29.8 Å². The van der Waals surface area contributed by atoms with Gasteiger partial charge in [-0.1, -0.05) is 26.0 Å². The lowest BCUT2D eigenvalue weighted by Crippen LogP contribution is -2.43. The maximum absolute atomic E-state index is 12.9. The van der Waals surface area contributed by atoms with Crippen molar-refractivity contribution in [3.63, 3.8) is 0 Å². The topological polar surface area (TPSA) is 86.8 Å². The van der Waals surface area contributed by atoms with E-state index in [-0.39, 0.29) is 17.7 Å². The molecule has 0 radical (unpaired) electrons. The second-order valence-corrected chi connectivity index (χ2v) is 10.5. The number of carbonyl (C=O) groups is 2. The Hall–Kier alpha value is -1.93. The predicted octanol–water partition coefficient (Wildman–Crippen LogP) is 2.34. The normalized spacial score (nSPS) is 18.9. The van der Waals surface area contributed by atoms with Crippen molar-refractivity contribution in [1.29, 1.82) is 0 Å². The van der Waals surface area contributed by atoms with Crippen molar-refractivity contribution in [3.8, 4) is 0 Å². The first-order valence-corrected chi connectivity index (χ1v) is 12.4. The Morgan fingerprint density at radius 3 is 2.37 bits per heavy atom. The number of piperidine rings is 1. The van der Waals surface area contributed by atoms with Gasteiger partial charge in [0.1, 0.15) is 0 Å². The summed E-state index contributed by atoms with van der Waals surface area (Å²) in [5.74, 6) is 0.384. The maximum Gasteiger partial charge on any atom is 0.243 e. The van der Waals surface area contributed by atoms with Crippen LogP contribution in [-0.4, -0.2) is 62.2 Å². The van der Waals surface area contributed by atoms with E-state index in [2.05, 4.69) is 19.2 Å². The van der Waals surface area contributed by atoms with Gasteiger partial charge in [0.15, 0.2) is 0 Å². The van der Waals surface area contributed by atoms with Crippen molar-refractivity contribution >= 4 is 21.8 Å². The summed E-state index contributed by atoms with van der Waals surface area (Å²) in [4.78, 5) is 26.2. The van der Waals surface area contributed by atoms with Crippen LogP contribution in [0.2, 0.25) is 0 Å². The number of sulfonamides is 1. The molecule has 7 nitrogen and oxygen atoms in total. The van der Waals surface area contributed by atoms with Gasteiger partial charge in [-0.05, 0) is 49.3 Å². The van der Waals surface area contributed by atoms with E-state index >= 15 is 0 Å². The van der Waals surface area contributed by atoms with E-state index in [4.69, 9.17) is 0 Å². The monoisotopic (exact) mass is 435 g/mol. The lowest BCUT2D eigenvalue weighted by molar-refractivity contribution is -0.127. The van der Waals surface area contributed by atoms with E-state index in [9.17, 15) is 18.0 Å². The number of benzene rings is 1. The van der Waals surface area contributed by atoms with E-state index in [0.29, 0.717) is 56.3 Å². The highest BCUT2D eigenvalue weighted by atomic mass is 32.2. The molecule has 0 saturated carbocycles. The molecule has 166 valence electrons. The molecule has 0 unspecified atom stereocenters. The molecule has 1 aromatic carbocycles. The molecular formula is C22H33N3O4S.